The van der Waals surface area contributed by atoms with Crippen molar-refractivity contribution < 1.29 is 13.2 Å². The van der Waals surface area contributed by atoms with Crippen LogP contribution in [-0.4, -0.2) is 52.2 Å². The van der Waals surface area contributed by atoms with Crippen LogP contribution in [0.5, 0.6) is 0 Å². The summed E-state index contributed by atoms with van der Waals surface area (Å²) in [5.41, 5.74) is 1.12. The Morgan fingerprint density at radius 3 is 2.20 bits per heavy atom. The van der Waals surface area contributed by atoms with Crippen molar-refractivity contribution in [2.24, 2.45) is 0 Å². The van der Waals surface area contributed by atoms with E-state index in [-0.39, 0.29) is 6.04 Å². The molecule has 1 unspecified atom stereocenters. The lowest BCUT2D eigenvalue weighted by Gasteiger charge is -2.30. The second kappa shape index (κ2) is 8.58. The van der Waals surface area contributed by atoms with E-state index in [0.717, 1.165) is 18.7 Å². The van der Waals surface area contributed by atoms with Gasteiger partial charge in [0.25, 0.3) is 0 Å². The highest BCUT2D eigenvalue weighted by Crippen LogP contribution is 2.12. The van der Waals surface area contributed by atoms with E-state index in [1.54, 1.807) is 24.3 Å². The summed E-state index contributed by atoms with van der Waals surface area (Å²) in [6, 6.07) is 18.3. The summed E-state index contributed by atoms with van der Waals surface area (Å²) < 4.78 is 33.7. The van der Waals surface area contributed by atoms with Crippen LogP contribution in [0.25, 0.3) is 0 Å². The maximum absolute atomic E-state index is 12.7. The molecule has 0 bridgehead atoms. The Bertz CT molecular complexity index is 745. The van der Waals surface area contributed by atoms with E-state index in [1.807, 2.05) is 36.4 Å². The van der Waals surface area contributed by atoms with E-state index in [4.69, 9.17) is 4.74 Å². The lowest BCUT2D eigenvalue weighted by atomic mass is 10.1. The van der Waals surface area contributed by atoms with Gasteiger partial charge in [0.1, 0.15) is 0 Å². The molecule has 2 aromatic rings. The van der Waals surface area contributed by atoms with Gasteiger partial charge in [-0.1, -0.05) is 48.5 Å². The first-order chi connectivity index (χ1) is 12.1. The van der Waals surface area contributed by atoms with Gasteiger partial charge in [-0.05, 0) is 24.1 Å². The Hall–Kier alpha value is -1.73. The number of hydrogen-bond acceptors (Lipinski definition) is 4. The number of benzene rings is 2. The summed E-state index contributed by atoms with van der Waals surface area (Å²) >= 11 is 0. The largest absolute Gasteiger partial charge is 0.379 e. The Kier molecular flexibility index (Phi) is 6.20. The highest BCUT2D eigenvalue weighted by Gasteiger charge is 2.23. The van der Waals surface area contributed by atoms with Crippen LogP contribution in [0.1, 0.15) is 5.56 Å². The van der Waals surface area contributed by atoms with Crippen LogP contribution in [0.4, 0.5) is 0 Å². The molecule has 6 heteroatoms. The first-order valence-electron chi connectivity index (χ1n) is 8.55. The molecule has 1 N–H and O–H groups in total. The quantitative estimate of drug-likeness (QED) is 0.819. The van der Waals surface area contributed by atoms with Gasteiger partial charge in [0.2, 0.25) is 10.0 Å². The predicted octanol–water partition coefficient (Wildman–Crippen LogP) is 1.91. The van der Waals surface area contributed by atoms with Crippen LogP contribution in [-0.2, 0) is 21.2 Å². The number of nitrogens with one attached hydrogen (secondary N) is 1. The molecular formula is C19H24N2O3S. The van der Waals surface area contributed by atoms with E-state index < -0.39 is 10.0 Å². The minimum absolute atomic E-state index is 0.189. The van der Waals surface area contributed by atoms with E-state index in [9.17, 15) is 8.42 Å². The molecule has 134 valence electrons. The van der Waals surface area contributed by atoms with Gasteiger partial charge in [0, 0.05) is 25.7 Å². The zero-order chi connectivity index (χ0) is 17.5. The molecule has 0 aliphatic carbocycles. The van der Waals surface area contributed by atoms with Crippen molar-refractivity contribution in [3.05, 3.63) is 66.2 Å². The molecule has 3 rings (SSSR count). The lowest BCUT2D eigenvalue weighted by molar-refractivity contribution is 0.0346. The molecule has 1 atom stereocenters. The van der Waals surface area contributed by atoms with Gasteiger partial charge in [-0.25, -0.2) is 13.1 Å². The van der Waals surface area contributed by atoms with Crippen molar-refractivity contribution in [1.82, 2.24) is 9.62 Å². The minimum atomic E-state index is -3.54. The van der Waals surface area contributed by atoms with Crippen molar-refractivity contribution in [2.75, 3.05) is 32.8 Å². The fourth-order valence-corrected chi connectivity index (χ4v) is 4.27. The van der Waals surface area contributed by atoms with Gasteiger partial charge in [-0.15, -0.1) is 0 Å². The summed E-state index contributed by atoms with van der Waals surface area (Å²) in [4.78, 5) is 2.56. The van der Waals surface area contributed by atoms with Crippen molar-refractivity contribution in [2.45, 2.75) is 17.4 Å². The third-order valence-electron chi connectivity index (χ3n) is 4.28. The van der Waals surface area contributed by atoms with E-state index in [1.165, 1.54) is 0 Å². The van der Waals surface area contributed by atoms with Gasteiger partial charge in [-0.2, -0.15) is 0 Å². The average Bonchev–Trinajstić information content (AvgIpc) is 2.64. The van der Waals surface area contributed by atoms with Gasteiger partial charge in [0.15, 0.2) is 0 Å². The second-order valence-electron chi connectivity index (χ2n) is 6.23. The molecular weight excluding hydrogens is 336 g/mol. The fraction of sp³-hybridized carbons (Fsp3) is 0.368. The molecule has 1 fully saturated rings. The SMILES string of the molecule is O=S(=O)(NC(Cc1ccccc1)CN1CCOCC1)c1ccccc1. The summed E-state index contributed by atoms with van der Waals surface area (Å²) in [7, 11) is -3.54. The fourth-order valence-electron chi connectivity index (χ4n) is 3.02. The van der Waals surface area contributed by atoms with Crippen molar-refractivity contribution in [1.29, 1.82) is 0 Å². The molecule has 1 saturated heterocycles. The van der Waals surface area contributed by atoms with E-state index in [0.29, 0.717) is 31.1 Å². The highest BCUT2D eigenvalue weighted by atomic mass is 32.2. The average molecular weight is 360 g/mol. The normalized spacial score (nSPS) is 17.3. The number of hydrogen-bond donors (Lipinski definition) is 1. The van der Waals surface area contributed by atoms with Crippen LogP contribution in [0, 0.1) is 0 Å². The molecule has 1 heterocycles. The van der Waals surface area contributed by atoms with Crippen LogP contribution in [0.15, 0.2) is 65.6 Å². The van der Waals surface area contributed by atoms with E-state index >= 15 is 0 Å². The van der Waals surface area contributed by atoms with Crippen molar-refractivity contribution in [3.8, 4) is 0 Å². The third kappa shape index (κ3) is 5.37. The molecule has 0 saturated carbocycles. The highest BCUT2D eigenvalue weighted by molar-refractivity contribution is 7.89. The first-order valence-corrected chi connectivity index (χ1v) is 10.0. The minimum Gasteiger partial charge on any atom is -0.379 e. The van der Waals surface area contributed by atoms with Gasteiger partial charge < -0.3 is 4.74 Å². The van der Waals surface area contributed by atoms with Crippen LogP contribution in [0.3, 0.4) is 0 Å². The zero-order valence-corrected chi connectivity index (χ0v) is 15.0. The zero-order valence-electron chi connectivity index (χ0n) is 14.2. The molecule has 0 amide bonds. The third-order valence-corrected chi connectivity index (χ3v) is 5.82. The molecule has 1 aliphatic heterocycles. The summed E-state index contributed by atoms with van der Waals surface area (Å²) in [5.74, 6) is 0. The van der Waals surface area contributed by atoms with Gasteiger partial charge >= 0.3 is 0 Å². The maximum atomic E-state index is 12.7. The summed E-state index contributed by atoms with van der Waals surface area (Å²) in [6.07, 6.45) is 0.657. The standard InChI is InChI=1S/C19H24N2O3S/c22-25(23,19-9-5-2-6-10-19)20-18(15-17-7-3-1-4-8-17)16-21-11-13-24-14-12-21/h1-10,18,20H,11-16H2. The molecule has 25 heavy (non-hydrogen) atoms. The molecule has 0 aromatic heterocycles. The molecule has 0 radical (unpaired) electrons. The number of ether oxygens (including phenoxy) is 1. The monoisotopic (exact) mass is 360 g/mol. The smallest absolute Gasteiger partial charge is 0.240 e. The topological polar surface area (TPSA) is 58.6 Å². The number of nitrogens with zero attached hydrogens (tertiary/aromatic N) is 1. The number of sulfonamides is 1. The Labute approximate surface area is 149 Å². The Balaban J connectivity index is 1.75. The predicted molar refractivity (Wildman–Crippen MR) is 98.0 cm³/mol. The Morgan fingerprint density at radius 1 is 0.960 bits per heavy atom. The summed E-state index contributed by atoms with van der Waals surface area (Å²) in [6.45, 7) is 3.73. The van der Waals surface area contributed by atoms with E-state index in [2.05, 4.69) is 9.62 Å². The number of rotatable bonds is 7. The van der Waals surface area contributed by atoms with Gasteiger partial charge in [-0.3, -0.25) is 4.90 Å². The maximum Gasteiger partial charge on any atom is 0.240 e. The Morgan fingerprint density at radius 2 is 1.56 bits per heavy atom. The summed E-state index contributed by atoms with van der Waals surface area (Å²) in [5, 5.41) is 0. The molecule has 5 nitrogen and oxygen atoms in total. The van der Waals surface area contributed by atoms with Crippen LogP contribution in [0.2, 0.25) is 0 Å². The van der Waals surface area contributed by atoms with Crippen molar-refractivity contribution >= 4 is 10.0 Å². The first kappa shape index (κ1) is 18.1. The van der Waals surface area contributed by atoms with Crippen molar-refractivity contribution in [3.63, 3.8) is 0 Å². The second-order valence-corrected chi connectivity index (χ2v) is 7.95. The molecule has 2 aromatic carbocycles. The van der Waals surface area contributed by atoms with Crippen LogP contribution < -0.4 is 4.72 Å². The number of morpholine rings is 1. The van der Waals surface area contributed by atoms with Crippen LogP contribution >= 0.6 is 0 Å². The molecule has 0 spiro atoms. The lowest BCUT2D eigenvalue weighted by Crippen LogP contribution is -2.48. The van der Waals surface area contributed by atoms with Gasteiger partial charge in [0.05, 0.1) is 18.1 Å². The molecule has 1 aliphatic rings.